The van der Waals surface area contributed by atoms with E-state index in [1.54, 1.807) is 6.07 Å². The minimum absolute atomic E-state index is 0.0117. The normalized spacial score (nSPS) is 21.6. The Hall–Kier alpha value is -1.89. The van der Waals surface area contributed by atoms with Gasteiger partial charge in [-0.3, -0.25) is 4.79 Å². The molecule has 1 saturated carbocycles. The van der Waals surface area contributed by atoms with E-state index in [4.69, 9.17) is 5.84 Å². The van der Waals surface area contributed by atoms with Gasteiger partial charge in [-0.05, 0) is 26.7 Å². The second kappa shape index (κ2) is 4.59. The van der Waals surface area contributed by atoms with Crippen LogP contribution in [-0.2, 0) is 4.79 Å². The van der Waals surface area contributed by atoms with Crippen LogP contribution >= 0.6 is 0 Å². The van der Waals surface area contributed by atoms with Crippen molar-refractivity contribution in [3.63, 3.8) is 0 Å². The molecule has 7 heteroatoms. The van der Waals surface area contributed by atoms with Gasteiger partial charge < -0.3 is 15.6 Å². The first-order valence-corrected chi connectivity index (χ1v) is 6.94. The fraction of sp³-hybridized carbons (Fsp3) is 0.615. The van der Waals surface area contributed by atoms with Crippen molar-refractivity contribution < 1.29 is 4.79 Å². The first-order valence-electron chi connectivity index (χ1n) is 6.94. The first kappa shape index (κ1) is 13.1. The van der Waals surface area contributed by atoms with Crippen LogP contribution in [0.3, 0.4) is 0 Å². The molecule has 1 amide bonds. The Morgan fingerprint density at radius 1 is 1.45 bits per heavy atom. The van der Waals surface area contributed by atoms with Crippen molar-refractivity contribution in [1.29, 1.82) is 0 Å². The molecule has 2 aliphatic rings. The molecule has 2 fully saturated rings. The number of carbonyl (C=O) groups excluding carboxylic acids is 1. The van der Waals surface area contributed by atoms with E-state index in [9.17, 15) is 4.79 Å². The number of anilines is 2. The number of rotatable bonds is 3. The summed E-state index contributed by atoms with van der Waals surface area (Å²) >= 11 is 0. The van der Waals surface area contributed by atoms with Gasteiger partial charge in [0, 0.05) is 25.1 Å². The number of carbonyl (C=O) groups is 1. The van der Waals surface area contributed by atoms with Gasteiger partial charge in [0.25, 0.3) is 0 Å². The molecule has 0 radical (unpaired) electrons. The molecule has 4 N–H and O–H groups in total. The molecule has 3 rings (SSSR count). The van der Waals surface area contributed by atoms with Gasteiger partial charge in [-0.15, -0.1) is 0 Å². The van der Waals surface area contributed by atoms with Crippen molar-refractivity contribution in [2.75, 3.05) is 23.4 Å². The molecule has 0 atom stereocenters. The molecular weight excluding hydrogens is 256 g/mol. The van der Waals surface area contributed by atoms with Gasteiger partial charge in [0.1, 0.15) is 23.0 Å². The summed E-state index contributed by atoms with van der Waals surface area (Å²) in [7, 11) is 0. The smallest absolute Gasteiger partial charge is 0.245 e. The molecule has 1 aliphatic heterocycles. The number of nitrogens with one attached hydrogen (secondary N) is 2. The third-order valence-corrected chi connectivity index (χ3v) is 3.95. The molecule has 1 aromatic heterocycles. The third-order valence-electron chi connectivity index (χ3n) is 3.95. The van der Waals surface area contributed by atoms with Crippen molar-refractivity contribution in [1.82, 2.24) is 15.3 Å². The molecule has 0 aromatic carbocycles. The molecule has 1 aliphatic carbocycles. The van der Waals surface area contributed by atoms with Gasteiger partial charge in [-0.25, -0.2) is 15.8 Å². The second-order valence-corrected chi connectivity index (χ2v) is 5.85. The fourth-order valence-corrected chi connectivity index (χ4v) is 2.49. The van der Waals surface area contributed by atoms with E-state index in [0.717, 1.165) is 31.0 Å². The zero-order valence-corrected chi connectivity index (χ0v) is 11.8. The average Bonchev–Trinajstić information content (AvgIpc) is 3.25. The fourth-order valence-electron chi connectivity index (χ4n) is 2.49. The summed E-state index contributed by atoms with van der Waals surface area (Å²) in [6, 6.07) is 1.80. The number of nitrogens with two attached hydrogens (primary N) is 1. The maximum Gasteiger partial charge on any atom is 0.245 e. The van der Waals surface area contributed by atoms with Gasteiger partial charge in [-0.1, -0.05) is 0 Å². The van der Waals surface area contributed by atoms with Crippen molar-refractivity contribution in [3.8, 4) is 0 Å². The Bertz CT molecular complexity index is 540. The third kappa shape index (κ3) is 2.18. The number of amides is 1. The monoisotopic (exact) mass is 276 g/mol. The maximum atomic E-state index is 12.0. The minimum atomic E-state index is -0.626. The van der Waals surface area contributed by atoms with Crippen LogP contribution < -0.4 is 21.5 Å². The van der Waals surface area contributed by atoms with Gasteiger partial charge >= 0.3 is 0 Å². The van der Waals surface area contributed by atoms with Crippen molar-refractivity contribution in [2.45, 2.75) is 38.1 Å². The van der Waals surface area contributed by atoms with E-state index in [1.165, 1.54) is 0 Å². The lowest BCUT2D eigenvalue weighted by atomic mass is 9.99. The van der Waals surface area contributed by atoms with Crippen molar-refractivity contribution in [2.24, 2.45) is 5.84 Å². The van der Waals surface area contributed by atoms with E-state index in [-0.39, 0.29) is 5.91 Å². The first-order chi connectivity index (χ1) is 9.52. The number of nitrogen functional groups attached to an aromatic ring is 1. The SMILES string of the molecule is CC1(C)C(=O)NCCN1c1cc(NN)nc(C2CC2)n1. The van der Waals surface area contributed by atoms with Gasteiger partial charge in [0.2, 0.25) is 5.91 Å². The Morgan fingerprint density at radius 2 is 2.20 bits per heavy atom. The van der Waals surface area contributed by atoms with E-state index in [1.807, 2.05) is 18.7 Å². The summed E-state index contributed by atoms with van der Waals surface area (Å²) in [4.78, 5) is 23.1. The number of hydrogen-bond donors (Lipinski definition) is 3. The van der Waals surface area contributed by atoms with Crippen LogP contribution in [0, 0.1) is 0 Å². The largest absolute Gasteiger partial charge is 0.352 e. The highest BCUT2D eigenvalue weighted by Crippen LogP contribution is 2.39. The molecule has 0 unspecified atom stereocenters. The molecule has 108 valence electrons. The van der Waals surface area contributed by atoms with Gasteiger partial charge in [0.05, 0.1) is 0 Å². The molecule has 7 nitrogen and oxygen atoms in total. The average molecular weight is 276 g/mol. The number of aromatic nitrogens is 2. The van der Waals surface area contributed by atoms with E-state index < -0.39 is 5.54 Å². The van der Waals surface area contributed by atoms with E-state index >= 15 is 0 Å². The van der Waals surface area contributed by atoms with Crippen molar-refractivity contribution >= 4 is 17.5 Å². The summed E-state index contributed by atoms with van der Waals surface area (Å²) in [5.74, 6) is 8.11. The molecule has 1 aromatic rings. The molecule has 20 heavy (non-hydrogen) atoms. The number of nitrogens with zero attached hydrogens (tertiary/aromatic N) is 3. The van der Waals surface area contributed by atoms with Crippen LogP contribution in [0.25, 0.3) is 0 Å². The highest BCUT2D eigenvalue weighted by molar-refractivity contribution is 5.90. The number of hydrazine groups is 1. The lowest BCUT2D eigenvalue weighted by Crippen LogP contribution is -2.62. The Labute approximate surface area is 117 Å². The highest BCUT2D eigenvalue weighted by Gasteiger charge is 2.39. The van der Waals surface area contributed by atoms with Crippen LogP contribution in [0.4, 0.5) is 11.6 Å². The Kier molecular flexibility index (Phi) is 3.01. The van der Waals surface area contributed by atoms with E-state index in [2.05, 4.69) is 20.7 Å². The summed E-state index contributed by atoms with van der Waals surface area (Å²) in [5.41, 5.74) is 1.96. The molecule has 2 heterocycles. The van der Waals surface area contributed by atoms with Crippen LogP contribution in [-0.4, -0.2) is 34.5 Å². The predicted octanol–water partition coefficient (Wildman–Crippen LogP) is 0.354. The zero-order valence-electron chi connectivity index (χ0n) is 11.8. The summed E-state index contributed by atoms with van der Waals surface area (Å²) < 4.78 is 0. The highest BCUT2D eigenvalue weighted by atomic mass is 16.2. The summed E-state index contributed by atoms with van der Waals surface area (Å²) in [6.07, 6.45) is 2.24. The topological polar surface area (TPSA) is 96.2 Å². The van der Waals surface area contributed by atoms with Crippen molar-refractivity contribution in [3.05, 3.63) is 11.9 Å². The summed E-state index contributed by atoms with van der Waals surface area (Å²) in [6.45, 7) is 5.15. The summed E-state index contributed by atoms with van der Waals surface area (Å²) in [5, 5.41) is 2.89. The Balaban J connectivity index is 1.99. The zero-order chi connectivity index (χ0) is 14.3. The number of piperazine rings is 1. The predicted molar refractivity (Wildman–Crippen MR) is 76.3 cm³/mol. The molecule has 0 bridgehead atoms. The van der Waals surface area contributed by atoms with Gasteiger partial charge in [0.15, 0.2) is 0 Å². The Morgan fingerprint density at radius 3 is 2.85 bits per heavy atom. The lowest BCUT2D eigenvalue weighted by Gasteiger charge is -2.42. The second-order valence-electron chi connectivity index (χ2n) is 5.85. The van der Waals surface area contributed by atoms with Crippen LogP contribution in [0.15, 0.2) is 6.07 Å². The van der Waals surface area contributed by atoms with E-state index in [0.29, 0.717) is 18.3 Å². The van der Waals surface area contributed by atoms with Crippen LogP contribution in [0.1, 0.15) is 38.4 Å². The quantitative estimate of drug-likeness (QED) is 0.545. The minimum Gasteiger partial charge on any atom is -0.352 e. The maximum absolute atomic E-state index is 12.0. The van der Waals surface area contributed by atoms with Gasteiger partial charge in [-0.2, -0.15) is 0 Å². The molecule has 0 spiro atoms. The molecule has 1 saturated heterocycles. The van der Waals surface area contributed by atoms with Crippen LogP contribution in [0.5, 0.6) is 0 Å². The standard InChI is InChI=1S/C13H20N6O/c1-13(2)12(20)15-5-6-19(13)10-7-9(18-14)16-11(17-10)8-3-4-8/h7-8H,3-6,14H2,1-2H3,(H,15,20)(H,16,17,18). The lowest BCUT2D eigenvalue weighted by molar-refractivity contribution is -0.126. The molecular formula is C13H20N6O. The van der Waals surface area contributed by atoms with Crippen LogP contribution in [0.2, 0.25) is 0 Å². The number of hydrogen-bond acceptors (Lipinski definition) is 6.